The third-order valence-corrected chi connectivity index (χ3v) is 2.20. The maximum atomic E-state index is 11.8. The molecule has 0 atom stereocenters. The lowest BCUT2D eigenvalue weighted by Gasteiger charge is -1.99. The molecule has 1 N–H and O–H groups in total. The lowest BCUT2D eigenvalue weighted by Crippen LogP contribution is -2.10. The smallest absolute Gasteiger partial charge is 0.357 e. The van der Waals surface area contributed by atoms with Crippen molar-refractivity contribution in [2.45, 2.75) is 13.3 Å². The molecule has 0 spiro atoms. The predicted molar refractivity (Wildman–Crippen MR) is 52.6 cm³/mol. The summed E-state index contributed by atoms with van der Waals surface area (Å²) < 4.78 is 28.4. The SMILES string of the molecule is CCOC(=O)c1csc(NCC(F)F)n1. The molecule has 0 aliphatic rings. The standard InChI is InChI=1S/C8H10F2N2O2S/c1-2-14-7(13)5-4-15-8(12-5)11-3-6(9)10/h4,6H,2-3H2,1H3,(H,11,12). The average molecular weight is 236 g/mol. The largest absolute Gasteiger partial charge is 0.461 e. The lowest BCUT2D eigenvalue weighted by atomic mass is 10.5. The predicted octanol–water partition coefficient (Wildman–Crippen LogP) is 2.00. The number of carbonyl (C=O) groups excluding carboxylic acids is 1. The minimum absolute atomic E-state index is 0.138. The second kappa shape index (κ2) is 5.59. The molecule has 0 aromatic carbocycles. The van der Waals surface area contributed by atoms with Crippen molar-refractivity contribution in [3.8, 4) is 0 Å². The Morgan fingerprint density at radius 2 is 2.47 bits per heavy atom. The molecule has 7 heteroatoms. The molecule has 0 saturated heterocycles. The summed E-state index contributed by atoms with van der Waals surface area (Å²) in [6, 6.07) is 0. The lowest BCUT2D eigenvalue weighted by molar-refractivity contribution is 0.0520. The Hall–Kier alpha value is -1.24. The number of thiazole rings is 1. The van der Waals surface area contributed by atoms with Gasteiger partial charge in [0.1, 0.15) is 0 Å². The van der Waals surface area contributed by atoms with Crippen LogP contribution in [-0.2, 0) is 4.74 Å². The molecule has 0 radical (unpaired) electrons. The number of esters is 1. The molecule has 0 unspecified atom stereocenters. The van der Waals surface area contributed by atoms with Crippen LogP contribution < -0.4 is 5.32 Å². The molecule has 0 bridgehead atoms. The summed E-state index contributed by atoms with van der Waals surface area (Å²) in [7, 11) is 0. The van der Waals surface area contributed by atoms with Crippen LogP contribution in [0.3, 0.4) is 0 Å². The van der Waals surface area contributed by atoms with Crippen molar-refractivity contribution in [2.24, 2.45) is 0 Å². The van der Waals surface area contributed by atoms with E-state index in [2.05, 4.69) is 10.3 Å². The third kappa shape index (κ3) is 3.78. The van der Waals surface area contributed by atoms with E-state index in [0.717, 1.165) is 11.3 Å². The summed E-state index contributed by atoms with van der Waals surface area (Å²) in [5, 5.41) is 4.17. The second-order valence-corrected chi connectivity index (χ2v) is 3.39. The van der Waals surface area contributed by atoms with Gasteiger partial charge in [0.25, 0.3) is 6.43 Å². The number of carbonyl (C=O) groups is 1. The minimum atomic E-state index is -2.44. The van der Waals surface area contributed by atoms with Gasteiger partial charge in [-0.2, -0.15) is 0 Å². The fourth-order valence-electron chi connectivity index (χ4n) is 0.818. The molecular formula is C8H10F2N2O2S. The van der Waals surface area contributed by atoms with E-state index >= 15 is 0 Å². The van der Waals surface area contributed by atoms with Gasteiger partial charge in [-0.15, -0.1) is 11.3 Å². The summed E-state index contributed by atoms with van der Waals surface area (Å²) in [6.45, 7) is 1.46. The fourth-order valence-corrected chi connectivity index (χ4v) is 1.51. The van der Waals surface area contributed by atoms with E-state index in [9.17, 15) is 13.6 Å². The van der Waals surface area contributed by atoms with Gasteiger partial charge >= 0.3 is 5.97 Å². The summed E-state index contributed by atoms with van der Waals surface area (Å²) in [5.41, 5.74) is 0.138. The number of nitrogens with one attached hydrogen (secondary N) is 1. The zero-order valence-electron chi connectivity index (χ0n) is 8.00. The van der Waals surface area contributed by atoms with Crippen molar-refractivity contribution in [1.29, 1.82) is 0 Å². The molecule has 0 saturated carbocycles. The molecular weight excluding hydrogens is 226 g/mol. The first-order valence-corrected chi connectivity index (χ1v) is 5.16. The highest BCUT2D eigenvalue weighted by molar-refractivity contribution is 7.13. The van der Waals surface area contributed by atoms with Gasteiger partial charge in [-0.3, -0.25) is 0 Å². The van der Waals surface area contributed by atoms with Gasteiger partial charge in [-0.25, -0.2) is 18.6 Å². The molecule has 0 fully saturated rings. The summed E-state index contributed by atoms with van der Waals surface area (Å²) in [6.07, 6.45) is -2.44. The molecule has 0 aliphatic heterocycles. The van der Waals surface area contributed by atoms with E-state index in [1.54, 1.807) is 6.92 Å². The van der Waals surface area contributed by atoms with Crippen molar-refractivity contribution in [1.82, 2.24) is 4.98 Å². The Balaban J connectivity index is 2.52. The van der Waals surface area contributed by atoms with Crippen LogP contribution in [0.2, 0.25) is 0 Å². The van der Waals surface area contributed by atoms with Crippen LogP contribution >= 0.6 is 11.3 Å². The normalized spacial score (nSPS) is 10.4. The Bertz CT molecular complexity index is 330. The highest BCUT2D eigenvalue weighted by atomic mass is 32.1. The number of aromatic nitrogens is 1. The third-order valence-electron chi connectivity index (χ3n) is 1.40. The van der Waals surface area contributed by atoms with Gasteiger partial charge in [0.2, 0.25) is 0 Å². The Kier molecular flexibility index (Phi) is 4.41. The molecule has 1 heterocycles. The summed E-state index contributed by atoms with van der Waals surface area (Å²) >= 11 is 1.09. The molecule has 1 aromatic rings. The number of ether oxygens (including phenoxy) is 1. The number of anilines is 1. The topological polar surface area (TPSA) is 51.2 Å². The van der Waals surface area contributed by atoms with Gasteiger partial charge in [-0.05, 0) is 6.92 Å². The molecule has 1 rings (SSSR count). The Morgan fingerprint density at radius 3 is 3.07 bits per heavy atom. The fraction of sp³-hybridized carbons (Fsp3) is 0.500. The van der Waals surface area contributed by atoms with Gasteiger partial charge in [0.05, 0.1) is 13.2 Å². The van der Waals surface area contributed by atoms with Crippen LogP contribution in [0.1, 0.15) is 17.4 Å². The molecule has 0 amide bonds. The van der Waals surface area contributed by atoms with Crippen LogP contribution in [0.15, 0.2) is 5.38 Å². The monoisotopic (exact) mass is 236 g/mol. The van der Waals surface area contributed by atoms with Crippen LogP contribution in [0.25, 0.3) is 0 Å². The van der Waals surface area contributed by atoms with Gasteiger partial charge in [-0.1, -0.05) is 0 Å². The van der Waals surface area contributed by atoms with Crippen molar-refractivity contribution in [2.75, 3.05) is 18.5 Å². The highest BCUT2D eigenvalue weighted by Gasteiger charge is 2.12. The van der Waals surface area contributed by atoms with Crippen LogP contribution in [0.5, 0.6) is 0 Å². The van der Waals surface area contributed by atoms with E-state index in [1.165, 1.54) is 5.38 Å². The van der Waals surface area contributed by atoms with Gasteiger partial charge < -0.3 is 10.1 Å². The Labute approximate surface area is 89.3 Å². The number of alkyl halides is 2. The second-order valence-electron chi connectivity index (χ2n) is 2.53. The van der Waals surface area contributed by atoms with E-state index in [1.807, 2.05) is 0 Å². The summed E-state index contributed by atoms with van der Waals surface area (Å²) in [4.78, 5) is 14.9. The number of halogens is 2. The zero-order valence-corrected chi connectivity index (χ0v) is 8.81. The molecule has 1 aromatic heterocycles. The van der Waals surface area contributed by atoms with Crippen molar-refractivity contribution < 1.29 is 18.3 Å². The van der Waals surface area contributed by atoms with E-state index in [4.69, 9.17) is 4.74 Å². The van der Waals surface area contributed by atoms with E-state index < -0.39 is 18.9 Å². The highest BCUT2D eigenvalue weighted by Crippen LogP contribution is 2.16. The average Bonchev–Trinajstić information content (AvgIpc) is 2.63. The maximum Gasteiger partial charge on any atom is 0.357 e. The molecule has 15 heavy (non-hydrogen) atoms. The van der Waals surface area contributed by atoms with Gasteiger partial charge in [0, 0.05) is 5.38 Å². The van der Waals surface area contributed by atoms with Crippen molar-refractivity contribution in [3.05, 3.63) is 11.1 Å². The van der Waals surface area contributed by atoms with Crippen LogP contribution in [0.4, 0.5) is 13.9 Å². The summed E-state index contributed by atoms with van der Waals surface area (Å²) in [5.74, 6) is -0.543. The maximum absolute atomic E-state index is 11.8. The first-order valence-electron chi connectivity index (χ1n) is 4.28. The molecule has 0 aliphatic carbocycles. The first kappa shape index (κ1) is 11.8. The molecule has 4 nitrogen and oxygen atoms in total. The minimum Gasteiger partial charge on any atom is -0.461 e. The number of rotatable bonds is 5. The Morgan fingerprint density at radius 1 is 1.73 bits per heavy atom. The number of hydrogen-bond donors (Lipinski definition) is 1. The van der Waals surface area contributed by atoms with Gasteiger partial charge in [0.15, 0.2) is 10.8 Å². The quantitative estimate of drug-likeness (QED) is 0.794. The first-order chi connectivity index (χ1) is 7.13. The molecule has 84 valence electrons. The van der Waals surface area contributed by atoms with E-state index in [-0.39, 0.29) is 12.3 Å². The van der Waals surface area contributed by atoms with Crippen molar-refractivity contribution in [3.63, 3.8) is 0 Å². The number of nitrogens with zero attached hydrogens (tertiary/aromatic N) is 1. The number of hydrogen-bond acceptors (Lipinski definition) is 5. The zero-order chi connectivity index (χ0) is 11.3. The van der Waals surface area contributed by atoms with E-state index in [0.29, 0.717) is 5.13 Å². The van der Waals surface area contributed by atoms with Crippen LogP contribution in [-0.4, -0.2) is 30.5 Å². The van der Waals surface area contributed by atoms with Crippen molar-refractivity contribution >= 4 is 22.4 Å². The van der Waals surface area contributed by atoms with Crippen LogP contribution in [0, 0.1) is 0 Å².